The molecule has 2 rings (SSSR count). The van der Waals surface area contributed by atoms with Crippen molar-refractivity contribution in [2.24, 2.45) is 0 Å². The van der Waals surface area contributed by atoms with Crippen LogP contribution in [0, 0.1) is 0 Å². The van der Waals surface area contributed by atoms with Crippen molar-refractivity contribution in [1.82, 2.24) is 10.2 Å². The van der Waals surface area contributed by atoms with Crippen LogP contribution in [-0.2, 0) is 12.0 Å². The Labute approximate surface area is 158 Å². The van der Waals surface area contributed by atoms with Crippen LogP contribution in [0.15, 0.2) is 54.6 Å². The zero-order chi connectivity index (χ0) is 19.2. The Morgan fingerprint density at radius 2 is 1.65 bits per heavy atom. The molecular weight excluding hydrogens is 320 g/mol. The van der Waals surface area contributed by atoms with E-state index < -0.39 is 0 Å². The highest BCUT2D eigenvalue weighted by Crippen LogP contribution is 2.21. The molecular formula is C23H32N2O. The van der Waals surface area contributed by atoms with E-state index in [1.807, 2.05) is 30.3 Å². The van der Waals surface area contributed by atoms with Gasteiger partial charge in [0.1, 0.15) is 0 Å². The largest absolute Gasteiger partial charge is 0.351 e. The van der Waals surface area contributed by atoms with Crippen LogP contribution >= 0.6 is 0 Å². The Bertz CT molecular complexity index is 690. The first-order valence-electron chi connectivity index (χ1n) is 9.50. The fourth-order valence-corrected chi connectivity index (χ4v) is 3.05. The van der Waals surface area contributed by atoms with Gasteiger partial charge in [0.25, 0.3) is 5.91 Å². The van der Waals surface area contributed by atoms with Gasteiger partial charge in [-0.2, -0.15) is 0 Å². The van der Waals surface area contributed by atoms with Crippen LogP contribution in [0.25, 0.3) is 0 Å². The van der Waals surface area contributed by atoms with Crippen molar-refractivity contribution >= 4 is 5.91 Å². The number of nitrogens with zero attached hydrogens (tertiary/aromatic N) is 1. The average Bonchev–Trinajstić information content (AvgIpc) is 2.65. The number of hydrogen-bond acceptors (Lipinski definition) is 2. The fourth-order valence-electron chi connectivity index (χ4n) is 3.05. The SMILES string of the molecule is CCN(Cc1ccc(C(=O)NCC(C)(C)c2ccccc2)cc1)C(C)C. The second-order valence-corrected chi connectivity index (χ2v) is 7.79. The van der Waals surface area contributed by atoms with Gasteiger partial charge >= 0.3 is 0 Å². The molecule has 0 aromatic heterocycles. The summed E-state index contributed by atoms with van der Waals surface area (Å²) in [4.78, 5) is 14.9. The number of amides is 1. The topological polar surface area (TPSA) is 32.3 Å². The Kier molecular flexibility index (Phi) is 6.98. The molecule has 1 N–H and O–H groups in total. The third-order valence-corrected chi connectivity index (χ3v) is 4.98. The second-order valence-electron chi connectivity index (χ2n) is 7.79. The number of carbonyl (C=O) groups is 1. The third-order valence-electron chi connectivity index (χ3n) is 4.98. The summed E-state index contributed by atoms with van der Waals surface area (Å²) in [5.74, 6) is -0.0169. The van der Waals surface area contributed by atoms with Crippen molar-refractivity contribution in [2.75, 3.05) is 13.1 Å². The summed E-state index contributed by atoms with van der Waals surface area (Å²) in [5.41, 5.74) is 3.08. The summed E-state index contributed by atoms with van der Waals surface area (Å²) in [6, 6.07) is 18.8. The number of carbonyl (C=O) groups excluding carboxylic acids is 1. The van der Waals surface area contributed by atoms with Gasteiger partial charge in [0.05, 0.1) is 0 Å². The first kappa shape index (κ1) is 20.2. The summed E-state index contributed by atoms with van der Waals surface area (Å²) in [7, 11) is 0. The normalized spacial score (nSPS) is 11.8. The second kappa shape index (κ2) is 9.00. The van der Waals surface area contributed by atoms with Gasteiger partial charge < -0.3 is 5.32 Å². The molecule has 0 aliphatic carbocycles. The smallest absolute Gasteiger partial charge is 0.251 e. The molecule has 0 spiro atoms. The van der Waals surface area contributed by atoms with Crippen LogP contribution in [-0.4, -0.2) is 29.9 Å². The van der Waals surface area contributed by atoms with Crippen molar-refractivity contribution in [2.45, 2.75) is 52.6 Å². The quantitative estimate of drug-likeness (QED) is 0.751. The average molecular weight is 353 g/mol. The lowest BCUT2D eigenvalue weighted by molar-refractivity contribution is 0.0945. The number of nitrogens with one attached hydrogen (secondary N) is 1. The molecule has 0 saturated heterocycles. The zero-order valence-electron chi connectivity index (χ0n) is 16.8. The first-order chi connectivity index (χ1) is 12.3. The lowest BCUT2D eigenvalue weighted by atomic mass is 9.84. The molecule has 0 radical (unpaired) electrons. The van der Waals surface area contributed by atoms with Crippen molar-refractivity contribution in [3.63, 3.8) is 0 Å². The van der Waals surface area contributed by atoms with Crippen molar-refractivity contribution in [1.29, 1.82) is 0 Å². The van der Waals surface area contributed by atoms with Crippen LogP contribution in [0.2, 0.25) is 0 Å². The summed E-state index contributed by atoms with van der Waals surface area (Å²) in [6.07, 6.45) is 0. The maximum Gasteiger partial charge on any atom is 0.251 e. The third kappa shape index (κ3) is 5.43. The molecule has 3 heteroatoms. The highest BCUT2D eigenvalue weighted by atomic mass is 16.1. The van der Waals surface area contributed by atoms with Gasteiger partial charge in [-0.1, -0.05) is 63.2 Å². The van der Waals surface area contributed by atoms with E-state index in [4.69, 9.17) is 0 Å². The number of hydrogen-bond donors (Lipinski definition) is 1. The Morgan fingerprint density at radius 1 is 1.04 bits per heavy atom. The van der Waals surface area contributed by atoms with Crippen molar-refractivity contribution < 1.29 is 4.79 Å². The predicted molar refractivity (Wildman–Crippen MR) is 109 cm³/mol. The minimum absolute atomic E-state index is 0.0169. The van der Waals surface area contributed by atoms with E-state index in [-0.39, 0.29) is 11.3 Å². The minimum Gasteiger partial charge on any atom is -0.351 e. The maximum absolute atomic E-state index is 12.5. The Balaban J connectivity index is 1.95. The van der Waals surface area contributed by atoms with Crippen LogP contribution in [0.4, 0.5) is 0 Å². The van der Waals surface area contributed by atoms with Gasteiger partial charge in [-0.15, -0.1) is 0 Å². The Morgan fingerprint density at radius 3 is 2.19 bits per heavy atom. The van der Waals surface area contributed by atoms with Gasteiger partial charge in [-0.05, 0) is 43.7 Å². The van der Waals surface area contributed by atoms with E-state index in [0.29, 0.717) is 18.2 Å². The zero-order valence-corrected chi connectivity index (χ0v) is 16.8. The monoisotopic (exact) mass is 352 g/mol. The van der Waals surface area contributed by atoms with E-state index in [1.54, 1.807) is 0 Å². The molecule has 0 saturated carbocycles. The Hall–Kier alpha value is -2.13. The van der Waals surface area contributed by atoms with Crippen molar-refractivity contribution in [3.8, 4) is 0 Å². The van der Waals surface area contributed by atoms with E-state index in [9.17, 15) is 4.79 Å². The predicted octanol–water partition coefficient (Wildman–Crippen LogP) is 4.62. The molecule has 0 aliphatic heterocycles. The van der Waals surface area contributed by atoms with Crippen LogP contribution in [0.3, 0.4) is 0 Å². The molecule has 0 fully saturated rings. The van der Waals surface area contributed by atoms with Crippen LogP contribution in [0.1, 0.15) is 56.1 Å². The van der Waals surface area contributed by atoms with Gasteiger partial charge in [0.2, 0.25) is 0 Å². The molecule has 0 atom stereocenters. The molecule has 26 heavy (non-hydrogen) atoms. The molecule has 0 unspecified atom stereocenters. The van der Waals surface area contributed by atoms with Crippen LogP contribution < -0.4 is 5.32 Å². The van der Waals surface area contributed by atoms with Gasteiger partial charge in [0, 0.05) is 30.1 Å². The van der Waals surface area contributed by atoms with Gasteiger partial charge in [0.15, 0.2) is 0 Å². The van der Waals surface area contributed by atoms with Crippen molar-refractivity contribution in [3.05, 3.63) is 71.3 Å². The summed E-state index contributed by atoms with van der Waals surface area (Å²) in [6.45, 7) is 13.4. The molecule has 0 heterocycles. The number of benzene rings is 2. The van der Waals surface area contributed by atoms with E-state index in [2.05, 4.69) is 69.1 Å². The fraction of sp³-hybridized carbons (Fsp3) is 0.435. The molecule has 3 nitrogen and oxygen atoms in total. The van der Waals surface area contributed by atoms with E-state index in [1.165, 1.54) is 11.1 Å². The lowest BCUT2D eigenvalue weighted by Gasteiger charge is -2.26. The molecule has 2 aromatic carbocycles. The minimum atomic E-state index is -0.101. The van der Waals surface area contributed by atoms with Gasteiger partial charge in [-0.3, -0.25) is 9.69 Å². The number of rotatable bonds is 8. The van der Waals surface area contributed by atoms with Gasteiger partial charge in [-0.25, -0.2) is 0 Å². The molecule has 2 aromatic rings. The van der Waals surface area contributed by atoms with E-state index in [0.717, 1.165) is 13.1 Å². The molecule has 0 aliphatic rings. The summed E-state index contributed by atoms with van der Waals surface area (Å²) >= 11 is 0. The summed E-state index contributed by atoms with van der Waals surface area (Å²) in [5, 5.41) is 3.08. The molecule has 140 valence electrons. The molecule has 0 bridgehead atoms. The van der Waals surface area contributed by atoms with Crippen LogP contribution in [0.5, 0.6) is 0 Å². The van der Waals surface area contributed by atoms with E-state index >= 15 is 0 Å². The summed E-state index contributed by atoms with van der Waals surface area (Å²) < 4.78 is 0. The highest BCUT2D eigenvalue weighted by Gasteiger charge is 2.21. The standard InChI is InChI=1S/C23H32N2O/c1-6-25(18(2)3)16-19-12-14-20(15-13-19)22(26)24-17-23(4,5)21-10-8-7-9-11-21/h7-15,18H,6,16-17H2,1-5H3,(H,24,26). The highest BCUT2D eigenvalue weighted by molar-refractivity contribution is 5.94. The maximum atomic E-state index is 12.5. The lowest BCUT2D eigenvalue weighted by Crippen LogP contribution is -2.36. The first-order valence-corrected chi connectivity index (χ1v) is 9.50. The molecule has 1 amide bonds.